The second-order valence-electron chi connectivity index (χ2n) is 7.58. The predicted octanol–water partition coefficient (Wildman–Crippen LogP) is 3.35. The van der Waals surface area contributed by atoms with Gasteiger partial charge in [-0.1, -0.05) is 41.9 Å². The van der Waals surface area contributed by atoms with Crippen molar-refractivity contribution in [3.63, 3.8) is 0 Å². The number of fused-ring (bicyclic) bond motifs is 1. The minimum atomic E-state index is -0.0982. The molecule has 30 heavy (non-hydrogen) atoms. The molecule has 1 fully saturated rings. The second kappa shape index (κ2) is 10.1. The highest BCUT2D eigenvalue weighted by molar-refractivity contribution is 6.30. The number of amides is 1. The molecule has 0 bridgehead atoms. The van der Waals surface area contributed by atoms with Crippen LogP contribution in [0.5, 0.6) is 0 Å². The lowest BCUT2D eigenvalue weighted by atomic mass is 9.92. The molecule has 1 amide bonds. The Hall–Kier alpha value is -2.41. The molecule has 1 atom stereocenters. The number of hydrogen-bond acceptors (Lipinski definition) is 4. The summed E-state index contributed by atoms with van der Waals surface area (Å²) in [5.41, 5.74) is 2.87. The van der Waals surface area contributed by atoms with Gasteiger partial charge in [0.25, 0.3) is 0 Å². The fourth-order valence-electron chi connectivity index (χ4n) is 3.92. The van der Waals surface area contributed by atoms with Gasteiger partial charge in [0.1, 0.15) is 5.65 Å². The van der Waals surface area contributed by atoms with Gasteiger partial charge in [0.2, 0.25) is 5.91 Å². The van der Waals surface area contributed by atoms with Crippen LogP contribution in [0.15, 0.2) is 54.9 Å². The largest absolute Gasteiger partial charge is 0.379 e. The Morgan fingerprint density at radius 3 is 2.77 bits per heavy atom. The van der Waals surface area contributed by atoms with E-state index in [1.165, 1.54) is 0 Å². The molecule has 1 aliphatic heterocycles. The Morgan fingerprint density at radius 1 is 1.17 bits per heavy atom. The summed E-state index contributed by atoms with van der Waals surface area (Å²) in [6.07, 6.45) is 5.00. The summed E-state index contributed by atoms with van der Waals surface area (Å²) >= 11 is 6.21. The van der Waals surface area contributed by atoms with Crippen LogP contribution in [0.4, 0.5) is 0 Å². The summed E-state index contributed by atoms with van der Waals surface area (Å²) in [7, 11) is 0. The standard InChI is InChI=1S/C23H27ClN4O2/c24-19-7-8-22-26-16-21(28(22)17-19)20(18-5-2-1-3-6-18)15-23(29)25-9-4-10-27-11-13-30-14-12-27/h1-3,5-8,16-17,20H,4,9-15H2,(H,25,29). The minimum absolute atomic E-state index is 0.0443. The topological polar surface area (TPSA) is 58.9 Å². The zero-order chi connectivity index (χ0) is 20.8. The maximum atomic E-state index is 12.8. The Bertz CT molecular complexity index is 970. The van der Waals surface area contributed by atoms with Crippen molar-refractivity contribution in [2.45, 2.75) is 18.8 Å². The number of carbonyl (C=O) groups excluding carboxylic acids is 1. The van der Waals surface area contributed by atoms with Gasteiger partial charge in [-0.2, -0.15) is 0 Å². The molecular weight excluding hydrogens is 400 g/mol. The normalized spacial score (nSPS) is 15.9. The quantitative estimate of drug-likeness (QED) is 0.561. The smallest absolute Gasteiger partial charge is 0.221 e. The van der Waals surface area contributed by atoms with Gasteiger partial charge in [0.15, 0.2) is 0 Å². The van der Waals surface area contributed by atoms with E-state index in [-0.39, 0.29) is 11.8 Å². The van der Waals surface area contributed by atoms with Gasteiger partial charge >= 0.3 is 0 Å². The first-order valence-corrected chi connectivity index (χ1v) is 10.8. The molecule has 1 aromatic carbocycles. The number of morpholine rings is 1. The molecule has 7 heteroatoms. The average molecular weight is 427 g/mol. The highest BCUT2D eigenvalue weighted by atomic mass is 35.5. The SMILES string of the molecule is O=C(CC(c1ccccc1)c1cnc2ccc(Cl)cn12)NCCCN1CCOCC1. The van der Waals surface area contributed by atoms with Gasteiger partial charge < -0.3 is 14.5 Å². The van der Waals surface area contributed by atoms with Crippen molar-refractivity contribution in [1.29, 1.82) is 0 Å². The van der Waals surface area contributed by atoms with Crippen molar-refractivity contribution in [3.05, 3.63) is 71.1 Å². The number of ether oxygens (including phenoxy) is 1. The van der Waals surface area contributed by atoms with Gasteiger partial charge in [-0.3, -0.25) is 9.69 Å². The summed E-state index contributed by atoms with van der Waals surface area (Å²) < 4.78 is 7.35. The Balaban J connectivity index is 1.43. The number of benzene rings is 1. The van der Waals surface area contributed by atoms with Crippen LogP contribution in [-0.4, -0.2) is 59.6 Å². The molecule has 3 aromatic rings. The third-order valence-electron chi connectivity index (χ3n) is 5.52. The van der Waals surface area contributed by atoms with Crippen LogP contribution in [0.3, 0.4) is 0 Å². The third-order valence-corrected chi connectivity index (χ3v) is 5.75. The molecule has 158 valence electrons. The van der Waals surface area contributed by atoms with E-state index in [1.807, 2.05) is 47.1 Å². The highest BCUT2D eigenvalue weighted by Gasteiger charge is 2.22. The lowest BCUT2D eigenvalue weighted by molar-refractivity contribution is -0.121. The van der Waals surface area contributed by atoms with Crippen LogP contribution in [-0.2, 0) is 9.53 Å². The molecule has 0 saturated carbocycles. The van der Waals surface area contributed by atoms with Crippen LogP contribution < -0.4 is 5.32 Å². The summed E-state index contributed by atoms with van der Waals surface area (Å²) in [5, 5.41) is 3.73. The zero-order valence-electron chi connectivity index (χ0n) is 17.0. The Kier molecular flexibility index (Phi) is 7.00. The fourth-order valence-corrected chi connectivity index (χ4v) is 4.08. The maximum Gasteiger partial charge on any atom is 0.221 e. The number of nitrogens with one attached hydrogen (secondary N) is 1. The first-order valence-electron chi connectivity index (χ1n) is 10.4. The van der Waals surface area contributed by atoms with E-state index in [1.54, 1.807) is 0 Å². The lowest BCUT2D eigenvalue weighted by Crippen LogP contribution is -2.38. The number of rotatable bonds is 8. The Morgan fingerprint density at radius 2 is 1.97 bits per heavy atom. The van der Waals surface area contributed by atoms with E-state index in [0.29, 0.717) is 18.0 Å². The first kappa shape index (κ1) is 20.8. The summed E-state index contributed by atoms with van der Waals surface area (Å²) in [6.45, 7) is 5.21. The monoisotopic (exact) mass is 426 g/mol. The van der Waals surface area contributed by atoms with E-state index in [9.17, 15) is 4.79 Å². The molecule has 0 radical (unpaired) electrons. The molecule has 1 saturated heterocycles. The number of aromatic nitrogens is 2. The van der Waals surface area contributed by atoms with Crippen molar-refractivity contribution >= 4 is 23.2 Å². The molecule has 1 aliphatic rings. The minimum Gasteiger partial charge on any atom is -0.379 e. The molecule has 3 heterocycles. The summed E-state index contributed by atoms with van der Waals surface area (Å²) in [5.74, 6) is -0.0540. The van der Waals surface area contributed by atoms with E-state index in [4.69, 9.17) is 16.3 Å². The summed E-state index contributed by atoms with van der Waals surface area (Å²) in [6, 6.07) is 13.8. The molecule has 2 aromatic heterocycles. The van der Waals surface area contributed by atoms with Crippen LogP contribution >= 0.6 is 11.6 Å². The van der Waals surface area contributed by atoms with Crippen LogP contribution in [0.25, 0.3) is 5.65 Å². The van der Waals surface area contributed by atoms with E-state index in [0.717, 1.165) is 56.2 Å². The lowest BCUT2D eigenvalue weighted by Gasteiger charge is -2.26. The van der Waals surface area contributed by atoms with E-state index >= 15 is 0 Å². The third kappa shape index (κ3) is 5.19. The van der Waals surface area contributed by atoms with Crippen molar-refractivity contribution < 1.29 is 9.53 Å². The number of nitrogens with zero attached hydrogens (tertiary/aromatic N) is 3. The molecule has 0 aliphatic carbocycles. The number of carbonyl (C=O) groups is 1. The van der Waals surface area contributed by atoms with E-state index in [2.05, 4.69) is 27.3 Å². The zero-order valence-corrected chi connectivity index (χ0v) is 17.7. The average Bonchev–Trinajstić information content (AvgIpc) is 3.19. The molecular formula is C23H27ClN4O2. The van der Waals surface area contributed by atoms with Gasteiger partial charge in [0, 0.05) is 44.4 Å². The van der Waals surface area contributed by atoms with Gasteiger partial charge in [0.05, 0.1) is 23.9 Å². The fraction of sp³-hybridized carbons (Fsp3) is 0.391. The van der Waals surface area contributed by atoms with Gasteiger partial charge in [-0.25, -0.2) is 4.98 Å². The van der Waals surface area contributed by atoms with E-state index < -0.39 is 0 Å². The summed E-state index contributed by atoms with van der Waals surface area (Å²) in [4.78, 5) is 19.7. The molecule has 6 nitrogen and oxygen atoms in total. The van der Waals surface area contributed by atoms with Crippen molar-refractivity contribution in [2.24, 2.45) is 0 Å². The van der Waals surface area contributed by atoms with Crippen LogP contribution in [0.2, 0.25) is 5.02 Å². The van der Waals surface area contributed by atoms with Crippen LogP contribution in [0.1, 0.15) is 30.0 Å². The molecule has 1 unspecified atom stereocenters. The van der Waals surface area contributed by atoms with Crippen molar-refractivity contribution in [1.82, 2.24) is 19.6 Å². The number of halogens is 1. The number of hydrogen-bond donors (Lipinski definition) is 1. The van der Waals surface area contributed by atoms with Gasteiger partial charge in [-0.05, 0) is 30.7 Å². The first-order chi connectivity index (χ1) is 14.7. The van der Waals surface area contributed by atoms with Crippen molar-refractivity contribution in [2.75, 3.05) is 39.4 Å². The number of pyridine rings is 1. The van der Waals surface area contributed by atoms with Gasteiger partial charge in [-0.15, -0.1) is 0 Å². The van der Waals surface area contributed by atoms with Crippen molar-refractivity contribution in [3.8, 4) is 0 Å². The second-order valence-corrected chi connectivity index (χ2v) is 8.02. The molecule has 0 spiro atoms. The molecule has 4 rings (SSSR count). The predicted molar refractivity (Wildman–Crippen MR) is 118 cm³/mol. The van der Waals surface area contributed by atoms with Crippen LogP contribution in [0, 0.1) is 0 Å². The highest BCUT2D eigenvalue weighted by Crippen LogP contribution is 2.29. The molecule has 1 N–H and O–H groups in total. The Labute approximate surface area is 181 Å². The number of imidazole rings is 1. The maximum absolute atomic E-state index is 12.8.